The lowest BCUT2D eigenvalue weighted by Crippen LogP contribution is -2.44. The predicted molar refractivity (Wildman–Crippen MR) is 94.5 cm³/mol. The highest BCUT2D eigenvalue weighted by atomic mass is 19.1. The monoisotopic (exact) mass is 346 g/mol. The van der Waals surface area contributed by atoms with Crippen LogP contribution in [0.25, 0.3) is 0 Å². The number of halogens is 1. The minimum Gasteiger partial charge on any atom is -0.353 e. The third-order valence-electron chi connectivity index (χ3n) is 4.53. The molecule has 0 spiro atoms. The van der Waals surface area contributed by atoms with Crippen LogP contribution >= 0.6 is 0 Å². The van der Waals surface area contributed by atoms with Crippen molar-refractivity contribution in [1.82, 2.24) is 20.1 Å². The summed E-state index contributed by atoms with van der Waals surface area (Å²) in [5.41, 5.74) is 0.841. The average Bonchev–Trinajstić information content (AvgIpc) is 2.97. The number of piperidine rings is 1. The molecule has 0 aliphatic carbocycles. The Morgan fingerprint density at radius 1 is 1.24 bits per heavy atom. The normalized spacial score (nSPS) is 15.3. The first-order valence-corrected chi connectivity index (χ1v) is 8.36. The van der Waals surface area contributed by atoms with Gasteiger partial charge in [-0.3, -0.25) is 9.36 Å². The molecule has 0 unspecified atom stereocenters. The Hall–Kier alpha value is -2.64. The lowest BCUT2D eigenvalue weighted by Gasteiger charge is -2.32. The zero-order valence-corrected chi connectivity index (χ0v) is 14.7. The van der Waals surface area contributed by atoms with E-state index in [0.29, 0.717) is 5.95 Å². The third-order valence-corrected chi connectivity index (χ3v) is 4.53. The molecule has 1 aliphatic heterocycles. The molecular formula is C17H23FN6O. The van der Waals surface area contributed by atoms with E-state index in [1.165, 1.54) is 12.1 Å². The van der Waals surface area contributed by atoms with Crippen molar-refractivity contribution in [3.05, 3.63) is 30.1 Å². The lowest BCUT2D eigenvalue weighted by atomic mass is 10.1. The number of aromatic nitrogens is 3. The van der Waals surface area contributed by atoms with Gasteiger partial charge in [0.1, 0.15) is 5.82 Å². The van der Waals surface area contributed by atoms with Gasteiger partial charge in [-0.05, 0) is 37.1 Å². The fourth-order valence-electron chi connectivity index (χ4n) is 3.17. The highest BCUT2D eigenvalue weighted by Gasteiger charge is 2.24. The van der Waals surface area contributed by atoms with E-state index in [1.807, 2.05) is 23.6 Å². The minimum absolute atomic E-state index is 0.0142. The molecule has 7 nitrogen and oxygen atoms in total. The molecule has 0 radical (unpaired) electrons. The number of amides is 1. The van der Waals surface area contributed by atoms with E-state index in [0.717, 1.165) is 37.6 Å². The summed E-state index contributed by atoms with van der Waals surface area (Å²) >= 11 is 0. The molecule has 25 heavy (non-hydrogen) atoms. The van der Waals surface area contributed by atoms with Crippen molar-refractivity contribution in [2.45, 2.75) is 25.8 Å². The molecule has 0 atom stereocenters. The first-order chi connectivity index (χ1) is 12.0. The first-order valence-electron chi connectivity index (χ1n) is 8.36. The largest absolute Gasteiger partial charge is 0.353 e. The van der Waals surface area contributed by atoms with Crippen LogP contribution in [0.4, 0.5) is 22.0 Å². The molecule has 0 bridgehead atoms. The summed E-state index contributed by atoms with van der Waals surface area (Å²) in [6, 6.07) is 6.50. The van der Waals surface area contributed by atoms with E-state index >= 15 is 0 Å². The highest BCUT2D eigenvalue weighted by molar-refractivity contribution is 5.73. The van der Waals surface area contributed by atoms with Crippen LogP contribution in [0.1, 0.15) is 19.8 Å². The average molecular weight is 346 g/mol. The number of nitrogens with one attached hydrogen (secondary N) is 1. The molecule has 8 heteroatoms. The van der Waals surface area contributed by atoms with Crippen LogP contribution in [-0.2, 0) is 11.8 Å². The number of benzene rings is 1. The maximum atomic E-state index is 13.1. The number of anilines is 3. The summed E-state index contributed by atoms with van der Waals surface area (Å²) < 4.78 is 15.0. The number of carbonyl (C=O) groups is 1. The van der Waals surface area contributed by atoms with Gasteiger partial charge in [-0.1, -0.05) is 0 Å². The predicted octanol–water partition coefficient (Wildman–Crippen LogP) is 1.83. The highest BCUT2D eigenvalue weighted by Crippen LogP contribution is 2.26. The Labute approximate surface area is 146 Å². The summed E-state index contributed by atoms with van der Waals surface area (Å²) in [4.78, 5) is 15.2. The van der Waals surface area contributed by atoms with Gasteiger partial charge in [0.15, 0.2) is 0 Å². The number of nitrogens with zero attached hydrogens (tertiary/aromatic N) is 5. The zero-order chi connectivity index (χ0) is 18.0. The van der Waals surface area contributed by atoms with Crippen molar-refractivity contribution in [3.8, 4) is 0 Å². The molecule has 2 aromatic rings. The molecular weight excluding hydrogens is 323 g/mol. The standard InChI is InChI=1S/C17H23FN6O/c1-12(25)19-14-8-10-24(11-9-14)17-21-20-16(23(17)3)22(2)15-6-4-13(18)5-7-15/h4-7,14H,8-11H2,1-3H3,(H,19,25). The van der Waals surface area contributed by atoms with E-state index in [9.17, 15) is 9.18 Å². The van der Waals surface area contributed by atoms with Crippen molar-refractivity contribution >= 4 is 23.5 Å². The maximum Gasteiger partial charge on any atom is 0.232 e. The molecule has 1 saturated heterocycles. The number of carbonyl (C=O) groups excluding carboxylic acids is 1. The van der Waals surface area contributed by atoms with Crippen molar-refractivity contribution < 1.29 is 9.18 Å². The van der Waals surface area contributed by atoms with E-state index < -0.39 is 0 Å². The van der Waals surface area contributed by atoms with Crippen LogP contribution in [0.5, 0.6) is 0 Å². The molecule has 1 aromatic carbocycles. The number of hydrogen-bond donors (Lipinski definition) is 1. The second-order valence-corrected chi connectivity index (χ2v) is 6.36. The topological polar surface area (TPSA) is 66.3 Å². The van der Waals surface area contributed by atoms with Gasteiger partial charge in [0.05, 0.1) is 0 Å². The van der Waals surface area contributed by atoms with Gasteiger partial charge in [-0.15, -0.1) is 10.2 Å². The molecule has 1 N–H and O–H groups in total. The number of hydrogen-bond acceptors (Lipinski definition) is 5. The van der Waals surface area contributed by atoms with Crippen LogP contribution in [0.15, 0.2) is 24.3 Å². The Morgan fingerprint density at radius 3 is 2.48 bits per heavy atom. The van der Waals surface area contributed by atoms with Crippen LogP contribution in [0.3, 0.4) is 0 Å². The summed E-state index contributed by atoms with van der Waals surface area (Å²) in [6.45, 7) is 3.18. The van der Waals surface area contributed by atoms with Gasteiger partial charge in [0.2, 0.25) is 17.8 Å². The molecule has 134 valence electrons. The third kappa shape index (κ3) is 3.72. The molecule has 1 fully saturated rings. The van der Waals surface area contributed by atoms with Gasteiger partial charge in [0.25, 0.3) is 0 Å². The summed E-state index contributed by atoms with van der Waals surface area (Å²) in [7, 11) is 3.80. The van der Waals surface area contributed by atoms with Crippen molar-refractivity contribution in [3.63, 3.8) is 0 Å². The molecule has 2 heterocycles. The van der Waals surface area contributed by atoms with Gasteiger partial charge in [-0.2, -0.15) is 0 Å². The summed E-state index contributed by atoms with van der Waals surface area (Å²) in [5.74, 6) is 1.23. The van der Waals surface area contributed by atoms with Crippen molar-refractivity contribution in [2.75, 3.05) is 29.9 Å². The van der Waals surface area contributed by atoms with Crippen molar-refractivity contribution in [1.29, 1.82) is 0 Å². The van der Waals surface area contributed by atoms with Gasteiger partial charge in [-0.25, -0.2) is 4.39 Å². The molecule has 1 aliphatic rings. The van der Waals surface area contributed by atoms with Crippen molar-refractivity contribution in [2.24, 2.45) is 7.05 Å². The molecule has 0 saturated carbocycles. The minimum atomic E-state index is -0.266. The molecule has 1 amide bonds. The Kier molecular flexibility index (Phi) is 4.87. The SMILES string of the molecule is CC(=O)NC1CCN(c2nnc(N(C)c3ccc(F)cc3)n2C)CC1. The molecule has 1 aromatic heterocycles. The molecule has 3 rings (SSSR count). The van der Waals surface area contributed by atoms with Gasteiger partial charge >= 0.3 is 0 Å². The maximum absolute atomic E-state index is 13.1. The summed E-state index contributed by atoms with van der Waals surface area (Å²) in [6.07, 6.45) is 1.77. The second-order valence-electron chi connectivity index (χ2n) is 6.36. The van der Waals surface area contributed by atoms with E-state index in [-0.39, 0.29) is 17.8 Å². The first kappa shape index (κ1) is 17.2. The van der Waals surface area contributed by atoms with Crippen LogP contribution < -0.4 is 15.1 Å². The quantitative estimate of drug-likeness (QED) is 0.915. The van der Waals surface area contributed by atoms with Gasteiger partial charge < -0.3 is 15.1 Å². The van der Waals surface area contributed by atoms with Gasteiger partial charge in [0, 0.05) is 45.8 Å². The van der Waals surface area contributed by atoms with Crippen LogP contribution in [-0.4, -0.2) is 46.9 Å². The zero-order valence-electron chi connectivity index (χ0n) is 14.7. The fraction of sp³-hybridized carbons (Fsp3) is 0.471. The van der Waals surface area contributed by atoms with Crippen LogP contribution in [0, 0.1) is 5.82 Å². The second kappa shape index (κ2) is 7.08. The lowest BCUT2D eigenvalue weighted by molar-refractivity contribution is -0.119. The number of rotatable bonds is 4. The Bertz CT molecular complexity index is 736. The fourth-order valence-corrected chi connectivity index (χ4v) is 3.17. The summed E-state index contributed by atoms with van der Waals surface area (Å²) in [5, 5.41) is 11.6. The smallest absolute Gasteiger partial charge is 0.232 e. The van der Waals surface area contributed by atoms with E-state index in [1.54, 1.807) is 19.1 Å². The van der Waals surface area contributed by atoms with E-state index in [4.69, 9.17) is 0 Å². The Morgan fingerprint density at radius 2 is 1.88 bits per heavy atom. The Balaban J connectivity index is 1.71. The van der Waals surface area contributed by atoms with E-state index in [2.05, 4.69) is 20.4 Å². The van der Waals surface area contributed by atoms with Crippen LogP contribution in [0.2, 0.25) is 0 Å².